The molecular weight excluding hydrogens is 250 g/mol. The summed E-state index contributed by atoms with van der Waals surface area (Å²) in [6.07, 6.45) is 0.137. The Bertz CT molecular complexity index is 499. The number of rotatable bonds is 5. The molecule has 3 N–H and O–H groups in total. The Morgan fingerprint density at radius 2 is 1.89 bits per heavy atom. The van der Waals surface area contributed by atoms with Crippen molar-refractivity contribution in [2.75, 3.05) is 12.8 Å². The predicted molar refractivity (Wildman–Crippen MR) is 73.3 cm³/mol. The molecule has 0 aliphatic heterocycles. The molecule has 18 heavy (non-hydrogen) atoms. The highest BCUT2D eigenvalue weighted by Gasteiger charge is 2.31. The first-order valence-corrected chi connectivity index (χ1v) is 7.87. The topological polar surface area (TPSA) is 80.4 Å². The zero-order chi connectivity index (χ0) is 13.9. The Balaban J connectivity index is 3.08. The minimum absolute atomic E-state index is 0.214. The molecule has 0 fully saturated rings. The summed E-state index contributed by atoms with van der Waals surface area (Å²) in [5.41, 5.74) is 7.61. The fraction of sp³-hybridized carbons (Fsp3) is 0.538. The number of hydrogen-bond acceptors (Lipinski definition) is 4. The molecule has 0 saturated carbocycles. The molecule has 0 aromatic heterocycles. The molecule has 1 aromatic carbocycles. The third kappa shape index (κ3) is 3.31. The van der Waals surface area contributed by atoms with Crippen LogP contribution in [0.2, 0.25) is 0 Å². The minimum atomic E-state index is -3.28. The molecule has 4 nitrogen and oxygen atoms in total. The lowest BCUT2D eigenvalue weighted by Gasteiger charge is -2.27. The maximum Gasteiger partial charge on any atom is 0.152 e. The van der Waals surface area contributed by atoms with E-state index in [1.165, 1.54) is 6.92 Å². The number of nitrogens with two attached hydrogens (primary N) is 1. The molecular formula is C13H21NO3S. The van der Waals surface area contributed by atoms with Crippen LogP contribution in [0.5, 0.6) is 0 Å². The van der Waals surface area contributed by atoms with Gasteiger partial charge < -0.3 is 10.8 Å². The number of aryl methyl sites for hydroxylation is 1. The molecule has 3 atom stereocenters. The lowest BCUT2D eigenvalue weighted by Crippen LogP contribution is -2.38. The van der Waals surface area contributed by atoms with E-state index in [0.717, 1.165) is 17.4 Å². The van der Waals surface area contributed by atoms with Gasteiger partial charge in [0.1, 0.15) is 0 Å². The highest BCUT2D eigenvalue weighted by molar-refractivity contribution is 7.91. The smallest absolute Gasteiger partial charge is 0.152 e. The van der Waals surface area contributed by atoms with Crippen molar-refractivity contribution >= 4 is 9.84 Å². The van der Waals surface area contributed by atoms with Gasteiger partial charge in [0.05, 0.1) is 11.4 Å². The summed E-state index contributed by atoms with van der Waals surface area (Å²) < 4.78 is 23.0. The van der Waals surface area contributed by atoms with Crippen molar-refractivity contribution in [1.29, 1.82) is 0 Å². The Kier molecular flexibility index (Phi) is 4.90. The van der Waals surface area contributed by atoms with Crippen LogP contribution in [0, 0.1) is 6.92 Å². The van der Waals surface area contributed by atoms with E-state index >= 15 is 0 Å². The molecule has 102 valence electrons. The van der Waals surface area contributed by atoms with Crippen LogP contribution in [0.25, 0.3) is 0 Å². The van der Waals surface area contributed by atoms with Gasteiger partial charge in [-0.25, -0.2) is 8.42 Å². The van der Waals surface area contributed by atoms with E-state index in [-0.39, 0.29) is 12.5 Å². The molecule has 0 aliphatic carbocycles. The average molecular weight is 271 g/mol. The van der Waals surface area contributed by atoms with E-state index in [1.54, 1.807) is 0 Å². The summed E-state index contributed by atoms with van der Waals surface area (Å²) in [6.45, 7) is 3.66. The van der Waals surface area contributed by atoms with Crippen LogP contribution in [0.15, 0.2) is 24.3 Å². The predicted octanol–water partition coefficient (Wildman–Crippen LogP) is 0.831. The quantitative estimate of drug-likeness (QED) is 0.831. The molecule has 5 heteroatoms. The molecule has 0 amide bonds. The normalized spacial score (nSPS) is 17.2. The molecule has 0 radical (unpaired) electrons. The highest BCUT2D eigenvalue weighted by Crippen LogP contribution is 2.26. The third-order valence-corrected chi connectivity index (χ3v) is 5.04. The summed E-state index contributed by atoms with van der Waals surface area (Å²) in [4.78, 5) is 0. The molecule has 0 aliphatic rings. The van der Waals surface area contributed by atoms with Crippen molar-refractivity contribution in [3.8, 4) is 0 Å². The van der Waals surface area contributed by atoms with Gasteiger partial charge >= 0.3 is 0 Å². The molecule has 0 spiro atoms. The van der Waals surface area contributed by atoms with Gasteiger partial charge in [0, 0.05) is 18.7 Å². The van der Waals surface area contributed by atoms with Crippen LogP contribution in [0.1, 0.15) is 24.0 Å². The molecule has 1 rings (SSSR count). The highest BCUT2D eigenvalue weighted by atomic mass is 32.2. The van der Waals surface area contributed by atoms with E-state index in [1.807, 2.05) is 31.2 Å². The van der Waals surface area contributed by atoms with Gasteiger partial charge in [-0.2, -0.15) is 0 Å². The Labute approximate surface area is 109 Å². The lowest BCUT2D eigenvalue weighted by atomic mass is 9.89. The van der Waals surface area contributed by atoms with Crippen LogP contribution >= 0.6 is 0 Å². The average Bonchev–Trinajstić information content (AvgIpc) is 2.30. The first-order valence-electron chi connectivity index (χ1n) is 5.91. The number of sulfone groups is 1. The van der Waals surface area contributed by atoms with Crippen molar-refractivity contribution in [2.45, 2.75) is 31.1 Å². The van der Waals surface area contributed by atoms with Crippen molar-refractivity contribution in [2.24, 2.45) is 5.73 Å². The number of aliphatic hydroxyl groups is 1. The van der Waals surface area contributed by atoms with Crippen molar-refractivity contribution in [1.82, 2.24) is 0 Å². The van der Waals surface area contributed by atoms with E-state index in [9.17, 15) is 13.5 Å². The maximum absolute atomic E-state index is 11.5. The molecule has 0 bridgehead atoms. The van der Waals surface area contributed by atoms with E-state index in [0.29, 0.717) is 0 Å². The summed E-state index contributed by atoms with van der Waals surface area (Å²) in [6, 6.07) is 7.57. The summed E-state index contributed by atoms with van der Waals surface area (Å²) in [5.74, 6) is -0.365. The van der Waals surface area contributed by atoms with Crippen LogP contribution in [-0.2, 0) is 9.84 Å². The van der Waals surface area contributed by atoms with Gasteiger partial charge in [0.2, 0.25) is 0 Å². The molecule has 3 unspecified atom stereocenters. The van der Waals surface area contributed by atoms with E-state index in [2.05, 4.69) is 0 Å². The first kappa shape index (κ1) is 15.1. The standard InChI is InChI=1S/C13H21NO3S/c1-9-6-4-5-7-11(9)12(8-14)13(15)10(2)18(3,16)17/h4-7,10,12-13,15H,8,14H2,1-3H3. The number of benzene rings is 1. The number of aliphatic hydroxyl groups excluding tert-OH is 1. The second-order valence-electron chi connectivity index (χ2n) is 4.72. The lowest BCUT2D eigenvalue weighted by molar-refractivity contribution is 0.143. The zero-order valence-electron chi connectivity index (χ0n) is 11.0. The van der Waals surface area contributed by atoms with Crippen LogP contribution < -0.4 is 5.73 Å². The second-order valence-corrected chi connectivity index (χ2v) is 7.13. The fourth-order valence-electron chi connectivity index (χ4n) is 2.03. The summed E-state index contributed by atoms with van der Waals surface area (Å²) in [7, 11) is -3.28. The zero-order valence-corrected chi connectivity index (χ0v) is 11.8. The van der Waals surface area contributed by atoms with Gasteiger partial charge in [-0.3, -0.25) is 0 Å². The van der Waals surface area contributed by atoms with Crippen molar-refractivity contribution < 1.29 is 13.5 Å². The largest absolute Gasteiger partial charge is 0.391 e. The van der Waals surface area contributed by atoms with Crippen molar-refractivity contribution in [3.63, 3.8) is 0 Å². The van der Waals surface area contributed by atoms with Crippen molar-refractivity contribution in [3.05, 3.63) is 35.4 Å². The SMILES string of the molecule is Cc1ccccc1C(CN)C(O)C(C)S(C)(=O)=O. The monoisotopic (exact) mass is 271 g/mol. The summed E-state index contributed by atoms with van der Waals surface area (Å²) in [5, 5.41) is 9.40. The van der Waals surface area contributed by atoms with Gasteiger partial charge in [-0.15, -0.1) is 0 Å². The second kappa shape index (κ2) is 5.82. The van der Waals surface area contributed by atoms with Gasteiger partial charge in [0.25, 0.3) is 0 Å². The molecule has 0 heterocycles. The van der Waals surface area contributed by atoms with Gasteiger partial charge in [-0.1, -0.05) is 24.3 Å². The maximum atomic E-state index is 11.5. The summed E-state index contributed by atoms with van der Waals surface area (Å²) >= 11 is 0. The van der Waals surface area contributed by atoms with Crippen LogP contribution in [0.3, 0.4) is 0 Å². The van der Waals surface area contributed by atoms with Crippen LogP contribution in [-0.4, -0.2) is 37.7 Å². The van der Waals surface area contributed by atoms with Gasteiger partial charge in [0.15, 0.2) is 9.84 Å². The molecule has 0 saturated heterocycles. The van der Waals surface area contributed by atoms with Gasteiger partial charge in [-0.05, 0) is 25.0 Å². The Morgan fingerprint density at radius 3 is 2.33 bits per heavy atom. The third-order valence-electron chi connectivity index (χ3n) is 3.41. The number of hydrogen-bond donors (Lipinski definition) is 2. The van der Waals surface area contributed by atoms with E-state index < -0.39 is 21.2 Å². The van der Waals surface area contributed by atoms with E-state index in [4.69, 9.17) is 5.73 Å². The fourth-order valence-corrected chi connectivity index (χ4v) is 2.73. The minimum Gasteiger partial charge on any atom is -0.391 e. The molecule has 1 aromatic rings. The Morgan fingerprint density at radius 1 is 1.33 bits per heavy atom. The Hall–Kier alpha value is -0.910. The first-order chi connectivity index (χ1) is 8.29. The van der Waals surface area contributed by atoms with Crippen LogP contribution in [0.4, 0.5) is 0 Å².